The van der Waals surface area contributed by atoms with E-state index in [9.17, 15) is 38.4 Å². The smallest absolute Gasteiger partial charge is 0.850 e. The molecule has 0 radical (unpaired) electrons. The molecule has 0 saturated carbocycles. The Balaban J connectivity index is -0.0000000516. The Bertz CT molecular complexity index is 293. The van der Waals surface area contributed by atoms with Crippen molar-refractivity contribution < 1.29 is 292 Å². The Morgan fingerprint density at radius 2 is 0.692 bits per heavy atom. The molecule has 0 atom stereocenters. The van der Waals surface area contributed by atoms with Gasteiger partial charge in [-0.3, -0.25) is 0 Å². The molecule has 0 N–H and O–H groups in total. The van der Waals surface area contributed by atoms with Crippen LogP contribution in [0.1, 0.15) is 0 Å². The summed E-state index contributed by atoms with van der Waals surface area (Å²) < 4.78 is 13.5. The largest absolute Gasteiger partial charge is 1.00 e. The van der Waals surface area contributed by atoms with Crippen molar-refractivity contribution in [1.82, 2.24) is 0 Å². The molecule has 0 aromatic rings. The Kier molecular flexibility index (Phi) is 60.5. The quantitative estimate of drug-likeness (QED) is 0.287. The van der Waals surface area contributed by atoms with Crippen molar-refractivity contribution in [1.29, 1.82) is 0 Å². The summed E-state index contributed by atoms with van der Waals surface area (Å²) in [6.45, 7) is 0.350. The third-order valence-electron chi connectivity index (χ3n) is 1.06. The molecule has 0 unspecified atom stereocenters. The molecule has 0 saturated heterocycles. The Hall–Kier alpha value is 8.39. The van der Waals surface area contributed by atoms with Crippen molar-refractivity contribution >= 4 is 35.9 Å². The van der Waals surface area contributed by atoms with Crippen molar-refractivity contribution in [3.63, 3.8) is 0 Å². The molecule has 0 amide bonds. The molecule has 0 aromatic heterocycles. The van der Waals surface area contributed by atoms with Crippen LogP contribution in [-0.2, 0) is 16.8 Å². The van der Waals surface area contributed by atoms with E-state index in [0.717, 1.165) is 0 Å². The van der Waals surface area contributed by atoms with Crippen LogP contribution >= 0.6 is 0 Å². The molecule has 0 bridgehead atoms. The average molecular weight is 518 g/mol. The molecular weight excluding hydrogens is 512 g/mol. The van der Waals surface area contributed by atoms with Crippen LogP contribution in [0.5, 0.6) is 0 Å². The van der Waals surface area contributed by atoms with Gasteiger partial charge < -0.3 is 55.1 Å². The van der Waals surface area contributed by atoms with Crippen LogP contribution in [0.25, 0.3) is 0 Å². The van der Waals surface area contributed by atoms with Gasteiger partial charge in [0.05, 0.1) is 0 Å². The Morgan fingerprint density at radius 3 is 0.923 bits per heavy atom. The summed E-state index contributed by atoms with van der Waals surface area (Å²) in [5.74, 6) is 0. The fourth-order valence-electron chi connectivity index (χ4n) is 0.617. The molecule has 0 rings (SSSR count). The van der Waals surface area contributed by atoms with Crippen LogP contribution in [0.3, 0.4) is 0 Å². The van der Waals surface area contributed by atoms with E-state index in [1.807, 2.05) is 0 Å². The number of hydrogen-bond donors (Lipinski definition) is 0. The van der Waals surface area contributed by atoms with Gasteiger partial charge in [-0.2, -0.15) is 0 Å². The predicted molar refractivity (Wildman–Crippen MR) is 39.1 cm³/mol. The van der Waals surface area contributed by atoms with E-state index in [4.69, 9.17) is 0 Å². The van der Waals surface area contributed by atoms with Gasteiger partial charge in [0.15, 0.2) is 0 Å². The molecule has 0 fully saturated rings. The molecule has 0 aliphatic rings. The molecule has 0 aliphatic carbocycles. The van der Waals surface area contributed by atoms with Gasteiger partial charge >= 0.3 is 236 Å². The fraction of sp³-hybridized carbons (Fsp3) is 1.00. The van der Waals surface area contributed by atoms with E-state index in [2.05, 4.69) is 16.8 Å². The zero-order valence-electron chi connectivity index (χ0n) is 16.9. The molecule has 0 heterocycles. The van der Waals surface area contributed by atoms with Crippen molar-refractivity contribution in [2.24, 2.45) is 0 Å². The van der Waals surface area contributed by atoms with Crippen LogP contribution in [0.15, 0.2) is 0 Å². The van der Waals surface area contributed by atoms with Gasteiger partial charge in [0, 0.05) is 7.11 Å². The summed E-state index contributed by atoms with van der Waals surface area (Å²) in [5, 5.41) is 0. The topological polar surface area (TPSA) is 221 Å². The minimum absolute atomic E-state index is 0. The second-order valence-electron chi connectivity index (χ2n) is 2.87. The molecule has 26 heavy (non-hydrogen) atoms. The minimum Gasteiger partial charge on any atom is -0.850 e. The minimum atomic E-state index is -6.23. The molecule has 0 spiro atoms. The summed E-state index contributed by atoms with van der Waals surface area (Å²) in [4.78, 5) is 85.5. The molecule has 24 heteroatoms. The first-order valence-corrected chi connectivity index (χ1v) is 11.1. The van der Waals surface area contributed by atoms with Gasteiger partial charge in [0.1, 0.15) is 27.1 Å². The molecular formula is C2H6Na8O12Si4. The first kappa shape index (κ1) is 59.5. The van der Waals surface area contributed by atoms with Crippen LogP contribution in [0.4, 0.5) is 0 Å². The summed E-state index contributed by atoms with van der Waals surface area (Å²) in [7, 11) is -22.6. The maximum Gasteiger partial charge on any atom is 1.00 e. The van der Waals surface area contributed by atoms with E-state index in [1.165, 1.54) is 0 Å². The zero-order chi connectivity index (χ0) is 14.8. The first-order valence-electron chi connectivity index (χ1n) is 3.97. The average Bonchev–Trinajstić information content (AvgIpc) is 1.93. The maximum absolute atomic E-state index is 10.8. The second kappa shape index (κ2) is 26.5. The Morgan fingerprint density at radius 1 is 0.462 bits per heavy atom. The standard InChI is InChI=1S/C2H6O12Si4.8Na/c1-11-16(5,6)13-18(9,10)14-17(7,8)12-15(2,3)4;;;;;;;;/h1-2H3;;;;;;;;/q-8;8*+1. The van der Waals surface area contributed by atoms with E-state index >= 15 is 0 Å². The molecule has 0 aromatic carbocycles. The van der Waals surface area contributed by atoms with Gasteiger partial charge in [0.25, 0.3) is 0 Å². The van der Waals surface area contributed by atoms with Crippen molar-refractivity contribution in [3.05, 3.63) is 0 Å². The SMILES string of the molecule is CO[Si]([O-])([O-])O[Si]([O-])([O-])O[Si]([O-])([O-])O[Si](C)([O-])[O-].[Na+].[Na+].[Na+].[Na+].[Na+].[Na+].[Na+].[Na+]. The van der Waals surface area contributed by atoms with Gasteiger partial charge in [-0.05, 0) is 8.80 Å². The molecule has 0 aliphatic heterocycles. The van der Waals surface area contributed by atoms with Crippen LogP contribution in [-0.4, -0.2) is 43.1 Å². The van der Waals surface area contributed by atoms with Crippen LogP contribution in [0.2, 0.25) is 6.55 Å². The van der Waals surface area contributed by atoms with Gasteiger partial charge in [-0.15, -0.1) is 0 Å². The summed E-state index contributed by atoms with van der Waals surface area (Å²) in [6, 6.07) is 0. The van der Waals surface area contributed by atoms with E-state index in [0.29, 0.717) is 13.7 Å². The molecule has 110 valence electrons. The van der Waals surface area contributed by atoms with Crippen molar-refractivity contribution in [2.75, 3.05) is 7.11 Å². The third-order valence-corrected chi connectivity index (χ3v) is 8.04. The van der Waals surface area contributed by atoms with E-state index < -0.39 is 35.9 Å². The van der Waals surface area contributed by atoms with E-state index in [-0.39, 0.29) is 236 Å². The van der Waals surface area contributed by atoms with Crippen LogP contribution in [0, 0.1) is 0 Å². The number of rotatable bonds is 7. The Labute approximate surface area is 333 Å². The van der Waals surface area contributed by atoms with Crippen molar-refractivity contribution in [2.45, 2.75) is 6.55 Å². The van der Waals surface area contributed by atoms with Gasteiger partial charge in [-0.25, -0.2) is 0 Å². The second-order valence-corrected chi connectivity index (χ2v) is 10.5. The van der Waals surface area contributed by atoms with Crippen molar-refractivity contribution in [3.8, 4) is 0 Å². The third kappa shape index (κ3) is 36.9. The maximum atomic E-state index is 10.8. The van der Waals surface area contributed by atoms with Gasteiger partial charge in [-0.1, -0.05) is 6.55 Å². The summed E-state index contributed by atoms with van der Waals surface area (Å²) in [6.07, 6.45) is 0. The van der Waals surface area contributed by atoms with Crippen LogP contribution < -0.4 is 275 Å². The predicted octanol–water partition coefficient (Wildman–Crippen LogP) is -34.5. The van der Waals surface area contributed by atoms with Gasteiger partial charge in [0.2, 0.25) is 0 Å². The fourth-order valence-corrected chi connectivity index (χ4v) is 6.30. The first-order chi connectivity index (χ1) is 7.68. The monoisotopic (exact) mass is 518 g/mol. The zero-order valence-corrected chi connectivity index (χ0v) is 36.9. The summed E-state index contributed by atoms with van der Waals surface area (Å²) in [5.41, 5.74) is 0. The summed E-state index contributed by atoms with van der Waals surface area (Å²) >= 11 is 0. The van der Waals surface area contributed by atoms with E-state index in [1.54, 1.807) is 0 Å². The number of hydrogen-bond acceptors (Lipinski definition) is 12. The molecule has 12 nitrogen and oxygen atoms in total. The normalized spacial score (nSPS) is 10.4.